The largest absolute Gasteiger partial charge is 0.435 e. The molecule has 3 rings (SSSR count). The number of halogens is 3. The predicted octanol–water partition coefficient (Wildman–Crippen LogP) is 3.15. The average molecular weight is 325 g/mol. The second-order valence-electron chi connectivity index (χ2n) is 5.84. The van der Waals surface area contributed by atoms with E-state index in [4.69, 9.17) is 0 Å². The van der Waals surface area contributed by atoms with Gasteiger partial charge in [0.1, 0.15) is 5.82 Å². The van der Waals surface area contributed by atoms with Crippen LogP contribution >= 0.6 is 0 Å². The van der Waals surface area contributed by atoms with Gasteiger partial charge in [-0.1, -0.05) is 0 Å². The zero-order valence-corrected chi connectivity index (χ0v) is 13.0. The van der Waals surface area contributed by atoms with Gasteiger partial charge in [0.15, 0.2) is 5.69 Å². The molecule has 23 heavy (non-hydrogen) atoms. The number of alkyl halides is 3. The maximum atomic E-state index is 12.7. The number of hydrogen-bond acceptors (Lipinski definition) is 4. The molecule has 0 aromatic carbocycles. The topological polar surface area (TPSA) is 46.8 Å². The molecule has 0 radical (unpaired) electrons. The molecule has 1 fully saturated rings. The minimum atomic E-state index is -4.40. The van der Waals surface area contributed by atoms with Crippen molar-refractivity contribution in [3.05, 3.63) is 35.5 Å². The molecule has 0 saturated carbocycles. The van der Waals surface area contributed by atoms with Gasteiger partial charge in [0.2, 0.25) is 0 Å². The Balaban J connectivity index is 1.81. The van der Waals surface area contributed by atoms with Crippen LogP contribution in [0, 0.1) is 13.8 Å². The maximum absolute atomic E-state index is 12.7. The summed E-state index contributed by atoms with van der Waals surface area (Å²) < 4.78 is 39.5. The molecule has 1 aliphatic rings. The number of piperidine rings is 1. The predicted molar refractivity (Wildman–Crippen MR) is 79.2 cm³/mol. The zero-order valence-electron chi connectivity index (χ0n) is 13.0. The van der Waals surface area contributed by atoms with E-state index < -0.39 is 11.9 Å². The van der Waals surface area contributed by atoms with Crippen LogP contribution in [0.3, 0.4) is 0 Å². The summed E-state index contributed by atoms with van der Waals surface area (Å²) in [6, 6.07) is 0.929. The lowest BCUT2D eigenvalue weighted by atomic mass is 10.1. The van der Waals surface area contributed by atoms with Gasteiger partial charge in [0.05, 0.1) is 17.4 Å². The van der Waals surface area contributed by atoms with Gasteiger partial charge in [-0.25, -0.2) is 4.98 Å². The van der Waals surface area contributed by atoms with Crippen molar-refractivity contribution < 1.29 is 13.2 Å². The van der Waals surface area contributed by atoms with E-state index in [1.165, 1.54) is 10.9 Å². The van der Waals surface area contributed by atoms with E-state index >= 15 is 0 Å². The first-order valence-electron chi connectivity index (χ1n) is 7.52. The smallest absolute Gasteiger partial charge is 0.353 e. The van der Waals surface area contributed by atoms with Gasteiger partial charge >= 0.3 is 6.18 Å². The first-order chi connectivity index (χ1) is 10.8. The van der Waals surface area contributed by atoms with E-state index in [1.807, 2.05) is 13.8 Å². The third kappa shape index (κ3) is 3.30. The summed E-state index contributed by atoms with van der Waals surface area (Å²) in [6.07, 6.45) is 0.391. The summed E-state index contributed by atoms with van der Waals surface area (Å²) in [5, 5.41) is 3.70. The molecule has 1 aliphatic heterocycles. The first-order valence-corrected chi connectivity index (χ1v) is 7.52. The fourth-order valence-corrected chi connectivity index (χ4v) is 2.88. The van der Waals surface area contributed by atoms with Gasteiger partial charge in [-0.3, -0.25) is 9.67 Å². The number of rotatable bonds is 2. The monoisotopic (exact) mass is 325 g/mol. The summed E-state index contributed by atoms with van der Waals surface area (Å²) in [4.78, 5) is 10.9. The lowest BCUT2D eigenvalue weighted by Gasteiger charge is -2.34. The zero-order chi connectivity index (χ0) is 16.6. The third-order valence-corrected chi connectivity index (χ3v) is 4.02. The van der Waals surface area contributed by atoms with E-state index in [-0.39, 0.29) is 6.04 Å². The Hall–Kier alpha value is -2.12. The number of aromatic nitrogens is 4. The Morgan fingerprint density at radius 1 is 1.26 bits per heavy atom. The first kappa shape index (κ1) is 15.8. The lowest BCUT2D eigenvalue weighted by Crippen LogP contribution is -2.38. The van der Waals surface area contributed by atoms with Crippen LogP contribution in [0.25, 0.3) is 0 Å². The maximum Gasteiger partial charge on any atom is 0.435 e. The van der Waals surface area contributed by atoms with Gasteiger partial charge in [-0.15, -0.1) is 0 Å². The Morgan fingerprint density at radius 3 is 2.74 bits per heavy atom. The van der Waals surface area contributed by atoms with Crippen LogP contribution in [0.2, 0.25) is 0 Å². The number of nitrogens with zero attached hydrogens (tertiary/aromatic N) is 5. The Bertz CT molecular complexity index is 695. The van der Waals surface area contributed by atoms with Crippen molar-refractivity contribution in [2.24, 2.45) is 0 Å². The van der Waals surface area contributed by atoms with E-state index in [1.54, 1.807) is 6.20 Å². The van der Waals surface area contributed by atoms with E-state index in [0.29, 0.717) is 6.54 Å². The highest BCUT2D eigenvalue weighted by Crippen LogP contribution is 2.30. The Labute approximate surface area is 132 Å². The quantitative estimate of drug-likeness (QED) is 0.851. The van der Waals surface area contributed by atoms with E-state index in [0.717, 1.165) is 42.7 Å². The number of anilines is 1. The molecular weight excluding hydrogens is 307 g/mol. The molecule has 0 N–H and O–H groups in total. The SMILES string of the molecule is Cc1cnc(C)c(N2CCCC(n3ccc(C(F)(F)F)n3)C2)n1. The van der Waals surface area contributed by atoms with Crippen molar-refractivity contribution in [3.63, 3.8) is 0 Å². The standard InChI is InChI=1S/C15H18F3N5/c1-10-8-19-11(2)14(20-10)22-6-3-4-12(9-22)23-7-5-13(21-23)15(16,17)18/h5,7-8,12H,3-4,6,9H2,1-2H3. The van der Waals surface area contributed by atoms with Gasteiger partial charge in [-0.05, 0) is 32.8 Å². The van der Waals surface area contributed by atoms with Crippen LogP contribution in [-0.2, 0) is 6.18 Å². The highest BCUT2D eigenvalue weighted by molar-refractivity contribution is 5.43. The molecule has 0 amide bonds. The molecule has 2 aromatic rings. The molecule has 3 heterocycles. The van der Waals surface area contributed by atoms with Crippen molar-refractivity contribution in [2.45, 2.75) is 38.9 Å². The van der Waals surface area contributed by atoms with Gasteiger partial charge < -0.3 is 4.90 Å². The molecule has 1 unspecified atom stereocenters. The van der Waals surface area contributed by atoms with Crippen molar-refractivity contribution in [1.29, 1.82) is 0 Å². The molecule has 124 valence electrons. The summed E-state index contributed by atoms with van der Waals surface area (Å²) >= 11 is 0. The van der Waals surface area contributed by atoms with Crippen LogP contribution in [0.1, 0.15) is 36.0 Å². The second-order valence-corrected chi connectivity index (χ2v) is 5.84. The number of aryl methyl sites for hydroxylation is 2. The number of hydrogen-bond donors (Lipinski definition) is 0. The van der Waals surface area contributed by atoms with E-state index in [9.17, 15) is 13.2 Å². The fraction of sp³-hybridized carbons (Fsp3) is 0.533. The van der Waals surface area contributed by atoms with Crippen LogP contribution in [0.15, 0.2) is 18.5 Å². The van der Waals surface area contributed by atoms with Crippen molar-refractivity contribution >= 4 is 5.82 Å². The molecule has 1 atom stereocenters. The van der Waals surface area contributed by atoms with Crippen LogP contribution in [0.4, 0.5) is 19.0 Å². The van der Waals surface area contributed by atoms with Crippen molar-refractivity contribution in [3.8, 4) is 0 Å². The Kier molecular flexibility index (Phi) is 3.99. The second kappa shape index (κ2) is 5.82. The van der Waals surface area contributed by atoms with Crippen LogP contribution in [0.5, 0.6) is 0 Å². The molecule has 0 aliphatic carbocycles. The van der Waals surface area contributed by atoms with Gasteiger partial charge in [0, 0.05) is 25.5 Å². The molecule has 0 bridgehead atoms. The third-order valence-electron chi connectivity index (χ3n) is 4.02. The molecule has 0 spiro atoms. The molecule has 1 saturated heterocycles. The highest BCUT2D eigenvalue weighted by atomic mass is 19.4. The Morgan fingerprint density at radius 2 is 2.04 bits per heavy atom. The summed E-state index contributed by atoms with van der Waals surface area (Å²) in [7, 11) is 0. The minimum Gasteiger partial charge on any atom is -0.353 e. The van der Waals surface area contributed by atoms with Crippen LogP contribution < -0.4 is 4.90 Å². The fourth-order valence-electron chi connectivity index (χ4n) is 2.88. The van der Waals surface area contributed by atoms with Crippen LogP contribution in [-0.4, -0.2) is 32.8 Å². The summed E-state index contributed by atoms with van der Waals surface area (Å²) in [6.45, 7) is 5.17. The van der Waals surface area contributed by atoms with Gasteiger partial charge in [-0.2, -0.15) is 18.3 Å². The van der Waals surface area contributed by atoms with Crippen molar-refractivity contribution in [1.82, 2.24) is 19.7 Å². The highest BCUT2D eigenvalue weighted by Gasteiger charge is 2.34. The summed E-state index contributed by atoms with van der Waals surface area (Å²) in [5.41, 5.74) is 0.806. The lowest BCUT2D eigenvalue weighted by molar-refractivity contribution is -0.141. The van der Waals surface area contributed by atoms with E-state index in [2.05, 4.69) is 20.0 Å². The average Bonchev–Trinajstić information content (AvgIpc) is 3.00. The molecule has 8 heteroatoms. The molecular formula is C15H18F3N5. The minimum absolute atomic E-state index is 0.0958. The molecule has 5 nitrogen and oxygen atoms in total. The van der Waals surface area contributed by atoms with Crippen molar-refractivity contribution in [2.75, 3.05) is 18.0 Å². The summed E-state index contributed by atoms with van der Waals surface area (Å²) in [5.74, 6) is 0.804. The van der Waals surface area contributed by atoms with Gasteiger partial charge in [0.25, 0.3) is 0 Å². The normalized spacial score (nSPS) is 19.2. The molecule has 2 aromatic heterocycles.